The number of fused-ring (bicyclic) bond motifs is 1. The Morgan fingerprint density at radius 3 is 2.65 bits per heavy atom. The van der Waals surface area contributed by atoms with Crippen molar-refractivity contribution in [2.24, 2.45) is 0 Å². The molecule has 1 unspecified atom stereocenters. The highest BCUT2D eigenvalue weighted by Crippen LogP contribution is 2.28. The lowest BCUT2D eigenvalue weighted by Gasteiger charge is -2.18. The summed E-state index contributed by atoms with van der Waals surface area (Å²) in [5.41, 5.74) is 3.76. The first-order valence-electron chi connectivity index (χ1n) is 9.94. The van der Waals surface area contributed by atoms with Crippen molar-refractivity contribution in [2.45, 2.75) is 33.4 Å². The Morgan fingerprint density at radius 2 is 1.97 bits per heavy atom. The number of nitrogens with one attached hydrogen (secondary N) is 1. The Labute approximate surface area is 188 Å². The summed E-state index contributed by atoms with van der Waals surface area (Å²) in [6.45, 7) is 6.52. The number of nitrogens with zero attached hydrogens (tertiary/aromatic N) is 5. The molecular formula is C23H21BrN6O. The van der Waals surface area contributed by atoms with Crippen LogP contribution in [0.1, 0.15) is 47.3 Å². The van der Waals surface area contributed by atoms with Gasteiger partial charge in [0.1, 0.15) is 5.82 Å². The predicted molar refractivity (Wildman–Crippen MR) is 123 cm³/mol. The number of halogens is 1. The number of nitriles is 1. The molecule has 2 aromatic carbocycles. The fraction of sp³-hybridized carbons (Fsp3) is 0.217. The Kier molecular flexibility index (Phi) is 5.61. The van der Waals surface area contributed by atoms with Gasteiger partial charge >= 0.3 is 0 Å². The van der Waals surface area contributed by atoms with Crippen LogP contribution in [0, 0.1) is 18.3 Å². The molecule has 2 aromatic heterocycles. The maximum absolute atomic E-state index is 13.3. The first-order valence-corrected chi connectivity index (χ1v) is 10.7. The molecular weight excluding hydrogens is 456 g/mol. The van der Waals surface area contributed by atoms with Crippen LogP contribution in [-0.2, 0) is 6.54 Å². The molecule has 2 heterocycles. The summed E-state index contributed by atoms with van der Waals surface area (Å²) in [6, 6.07) is 17.1. The van der Waals surface area contributed by atoms with Gasteiger partial charge in [-0.2, -0.15) is 10.4 Å². The van der Waals surface area contributed by atoms with E-state index in [2.05, 4.69) is 37.4 Å². The number of benzene rings is 2. The molecule has 0 bridgehead atoms. The highest BCUT2D eigenvalue weighted by Gasteiger charge is 2.23. The molecule has 0 aliphatic carbocycles. The van der Waals surface area contributed by atoms with Crippen molar-refractivity contribution in [3.63, 3.8) is 0 Å². The van der Waals surface area contributed by atoms with Crippen LogP contribution in [0.3, 0.4) is 0 Å². The van der Waals surface area contributed by atoms with Gasteiger partial charge in [-0.3, -0.25) is 4.79 Å². The zero-order valence-electron chi connectivity index (χ0n) is 17.4. The second kappa shape index (κ2) is 8.36. The Hall–Kier alpha value is -3.44. The van der Waals surface area contributed by atoms with Crippen molar-refractivity contribution >= 4 is 38.7 Å². The maximum Gasteiger partial charge on any atom is 0.292 e. The van der Waals surface area contributed by atoms with Crippen LogP contribution in [0.15, 0.2) is 53.0 Å². The van der Waals surface area contributed by atoms with Crippen LogP contribution in [0.25, 0.3) is 11.0 Å². The number of amides is 1. The lowest BCUT2D eigenvalue weighted by molar-refractivity contribution is 0.101. The van der Waals surface area contributed by atoms with Crippen LogP contribution in [0.5, 0.6) is 0 Å². The smallest absolute Gasteiger partial charge is 0.292 e. The number of hydrogen-bond donors (Lipinski definition) is 1. The lowest BCUT2D eigenvalue weighted by Crippen LogP contribution is -2.22. The Morgan fingerprint density at radius 1 is 1.23 bits per heavy atom. The van der Waals surface area contributed by atoms with Crippen molar-refractivity contribution in [3.05, 3.63) is 75.6 Å². The summed E-state index contributed by atoms with van der Waals surface area (Å²) < 4.78 is 4.64. The topological polar surface area (TPSA) is 88.5 Å². The average molecular weight is 477 g/mol. The van der Waals surface area contributed by atoms with E-state index in [0.29, 0.717) is 23.4 Å². The van der Waals surface area contributed by atoms with Crippen molar-refractivity contribution < 1.29 is 4.79 Å². The maximum atomic E-state index is 13.3. The van der Waals surface area contributed by atoms with Crippen LogP contribution < -0.4 is 5.32 Å². The molecule has 4 aromatic rings. The van der Waals surface area contributed by atoms with E-state index in [1.807, 2.05) is 61.7 Å². The van der Waals surface area contributed by atoms with Crippen LogP contribution in [0.2, 0.25) is 0 Å². The monoisotopic (exact) mass is 476 g/mol. The molecule has 156 valence electrons. The number of aryl methyl sites for hydroxylation is 2. The highest BCUT2D eigenvalue weighted by molar-refractivity contribution is 9.10. The largest absolute Gasteiger partial charge is 0.312 e. The Balaban J connectivity index is 1.83. The molecule has 7 nitrogen and oxygen atoms in total. The van der Waals surface area contributed by atoms with Gasteiger partial charge in [0, 0.05) is 17.1 Å². The lowest BCUT2D eigenvalue weighted by atomic mass is 10.1. The number of aromatic nitrogens is 4. The number of carbonyl (C=O) groups is 1. The molecule has 0 aliphatic rings. The number of imidazole rings is 1. The fourth-order valence-corrected chi connectivity index (χ4v) is 3.93. The molecule has 0 saturated carbocycles. The standard InChI is InChI=1S/C23H21BrN6O/c1-4-29-21(11-14(2)28-29)27-23(31)22-26-19-12-16(13-25)5-10-20(19)30(22)15(3)17-6-8-18(24)9-7-17/h5-12,15H,4H2,1-3H3,(H,27,31). The summed E-state index contributed by atoms with van der Waals surface area (Å²) in [4.78, 5) is 17.9. The minimum atomic E-state index is -0.326. The summed E-state index contributed by atoms with van der Waals surface area (Å²) in [7, 11) is 0. The first-order chi connectivity index (χ1) is 14.9. The second-order valence-electron chi connectivity index (χ2n) is 7.29. The van der Waals surface area contributed by atoms with Crippen LogP contribution in [-0.4, -0.2) is 25.2 Å². The second-order valence-corrected chi connectivity index (χ2v) is 8.20. The van der Waals surface area contributed by atoms with Gasteiger partial charge in [-0.1, -0.05) is 28.1 Å². The number of anilines is 1. The van der Waals surface area contributed by atoms with E-state index in [-0.39, 0.29) is 17.8 Å². The van der Waals surface area contributed by atoms with E-state index in [1.165, 1.54) is 0 Å². The molecule has 0 aliphatic heterocycles. The van der Waals surface area contributed by atoms with E-state index in [9.17, 15) is 10.1 Å². The van der Waals surface area contributed by atoms with Gasteiger partial charge < -0.3 is 9.88 Å². The predicted octanol–water partition coefficient (Wildman–Crippen LogP) is 5.06. The quantitative estimate of drug-likeness (QED) is 0.436. The average Bonchev–Trinajstić information content (AvgIpc) is 3.32. The molecule has 0 spiro atoms. The molecule has 0 radical (unpaired) electrons. The van der Waals surface area contributed by atoms with Crippen molar-refractivity contribution in [2.75, 3.05) is 5.32 Å². The van der Waals surface area contributed by atoms with E-state index >= 15 is 0 Å². The van der Waals surface area contributed by atoms with Gasteiger partial charge in [0.05, 0.1) is 34.4 Å². The van der Waals surface area contributed by atoms with E-state index in [0.717, 1.165) is 21.2 Å². The third-order valence-corrected chi connectivity index (χ3v) is 5.73. The number of hydrogen-bond acceptors (Lipinski definition) is 4. The molecule has 1 N–H and O–H groups in total. The summed E-state index contributed by atoms with van der Waals surface area (Å²) in [5.74, 6) is 0.577. The molecule has 0 saturated heterocycles. The molecule has 8 heteroatoms. The molecule has 4 rings (SSSR count). The first kappa shape index (κ1) is 20.8. The molecule has 1 atom stereocenters. The van der Waals surface area contributed by atoms with E-state index in [4.69, 9.17) is 0 Å². The van der Waals surface area contributed by atoms with Crippen molar-refractivity contribution in [1.82, 2.24) is 19.3 Å². The third kappa shape index (κ3) is 3.97. The zero-order chi connectivity index (χ0) is 22.1. The minimum Gasteiger partial charge on any atom is -0.312 e. The highest BCUT2D eigenvalue weighted by atomic mass is 79.9. The van der Waals surface area contributed by atoms with Gasteiger partial charge in [0.2, 0.25) is 5.82 Å². The third-order valence-electron chi connectivity index (χ3n) is 5.20. The van der Waals surface area contributed by atoms with Crippen LogP contribution in [0.4, 0.5) is 5.82 Å². The van der Waals surface area contributed by atoms with Crippen molar-refractivity contribution in [1.29, 1.82) is 5.26 Å². The summed E-state index contributed by atoms with van der Waals surface area (Å²) >= 11 is 3.47. The van der Waals surface area contributed by atoms with E-state index < -0.39 is 0 Å². The molecule has 1 amide bonds. The fourth-order valence-electron chi connectivity index (χ4n) is 3.67. The number of rotatable bonds is 5. The normalized spacial score (nSPS) is 12.0. The van der Waals surface area contributed by atoms with Gasteiger partial charge in [-0.15, -0.1) is 0 Å². The van der Waals surface area contributed by atoms with Gasteiger partial charge in [0.15, 0.2) is 0 Å². The van der Waals surface area contributed by atoms with E-state index in [1.54, 1.807) is 16.8 Å². The molecule has 31 heavy (non-hydrogen) atoms. The minimum absolute atomic E-state index is 0.149. The van der Waals surface area contributed by atoms with Gasteiger partial charge in [-0.25, -0.2) is 9.67 Å². The zero-order valence-corrected chi connectivity index (χ0v) is 19.0. The number of carbonyl (C=O) groups excluding carboxylic acids is 1. The molecule has 0 fully saturated rings. The SMILES string of the molecule is CCn1nc(C)cc1NC(=O)c1nc2cc(C#N)ccc2n1C(C)c1ccc(Br)cc1. The summed E-state index contributed by atoms with van der Waals surface area (Å²) in [6.07, 6.45) is 0. The Bertz CT molecular complexity index is 1310. The van der Waals surface area contributed by atoms with Gasteiger partial charge in [-0.05, 0) is 56.7 Å². The van der Waals surface area contributed by atoms with Gasteiger partial charge in [0.25, 0.3) is 5.91 Å². The van der Waals surface area contributed by atoms with Crippen molar-refractivity contribution in [3.8, 4) is 6.07 Å². The summed E-state index contributed by atoms with van der Waals surface area (Å²) in [5, 5.41) is 16.6. The van der Waals surface area contributed by atoms with Crippen LogP contribution >= 0.6 is 15.9 Å².